The lowest BCUT2D eigenvalue weighted by molar-refractivity contribution is 0.103. The number of aromatic hydroxyl groups is 1. The number of phenolic OH excluding ortho intramolecular Hbond substituents is 1. The summed E-state index contributed by atoms with van der Waals surface area (Å²) in [4.78, 5) is 17.9. The first-order chi connectivity index (χ1) is 15.4. The van der Waals surface area contributed by atoms with Gasteiger partial charge in [-0.15, -0.1) is 0 Å². The summed E-state index contributed by atoms with van der Waals surface area (Å²) in [6.07, 6.45) is 1.58. The number of hydrogen-bond acceptors (Lipinski definition) is 5. The molecule has 1 aromatic heterocycles. The summed E-state index contributed by atoms with van der Waals surface area (Å²) in [6.45, 7) is 1.72. The topological polar surface area (TPSA) is 67.5 Å². The number of aromatic nitrogens is 2. The van der Waals surface area contributed by atoms with Gasteiger partial charge in [0.15, 0.2) is 5.78 Å². The minimum Gasteiger partial charge on any atom is -0.507 e. The standard InChI is InChI=1S/C25H18ClN3O2S/c1-16(20-14-19(26)12-13-22(20)30)28-29-15-21(24(31)18-10-6-3-7-11-18)23(27-25(29)32)17-8-4-2-5-9-17/h2-15,30H,1H3. The van der Waals surface area contributed by atoms with Crippen LogP contribution in [0.5, 0.6) is 5.75 Å². The maximum Gasteiger partial charge on any atom is 0.220 e. The van der Waals surface area contributed by atoms with Crippen molar-refractivity contribution < 1.29 is 9.90 Å². The van der Waals surface area contributed by atoms with Crippen LogP contribution in [0, 0.1) is 4.77 Å². The van der Waals surface area contributed by atoms with Gasteiger partial charge in [-0.1, -0.05) is 72.3 Å². The van der Waals surface area contributed by atoms with Crippen LogP contribution in [0.4, 0.5) is 0 Å². The average molecular weight is 460 g/mol. The summed E-state index contributed by atoms with van der Waals surface area (Å²) >= 11 is 11.5. The van der Waals surface area contributed by atoms with Gasteiger partial charge in [0.1, 0.15) is 5.75 Å². The molecule has 4 aromatic rings. The van der Waals surface area contributed by atoms with Gasteiger partial charge in [-0.25, -0.2) is 9.66 Å². The van der Waals surface area contributed by atoms with Gasteiger partial charge in [0.2, 0.25) is 4.77 Å². The molecule has 0 spiro atoms. The molecule has 0 aliphatic rings. The van der Waals surface area contributed by atoms with Crippen molar-refractivity contribution in [3.05, 3.63) is 112 Å². The Bertz CT molecular complexity index is 1380. The molecule has 0 bridgehead atoms. The molecular formula is C25H18ClN3O2S. The highest BCUT2D eigenvalue weighted by Gasteiger charge is 2.18. The van der Waals surface area contributed by atoms with Gasteiger partial charge in [-0.2, -0.15) is 5.10 Å². The molecule has 0 saturated heterocycles. The van der Waals surface area contributed by atoms with Gasteiger partial charge in [0.25, 0.3) is 0 Å². The molecule has 0 radical (unpaired) electrons. The summed E-state index contributed by atoms with van der Waals surface area (Å²) < 4.78 is 1.54. The summed E-state index contributed by atoms with van der Waals surface area (Å²) in [5.74, 6) is -0.157. The largest absolute Gasteiger partial charge is 0.507 e. The van der Waals surface area contributed by atoms with Crippen LogP contribution in [0.15, 0.2) is 90.2 Å². The monoisotopic (exact) mass is 459 g/mol. The predicted octanol–water partition coefficient (Wildman–Crippen LogP) is 6.14. The molecule has 0 amide bonds. The van der Waals surface area contributed by atoms with Crippen molar-refractivity contribution >= 4 is 35.3 Å². The van der Waals surface area contributed by atoms with E-state index in [0.29, 0.717) is 33.1 Å². The Labute approximate surface area is 195 Å². The van der Waals surface area contributed by atoms with E-state index >= 15 is 0 Å². The Morgan fingerprint density at radius 2 is 1.66 bits per heavy atom. The van der Waals surface area contributed by atoms with E-state index in [-0.39, 0.29) is 16.3 Å². The van der Waals surface area contributed by atoms with Crippen molar-refractivity contribution in [2.75, 3.05) is 0 Å². The van der Waals surface area contributed by atoms with Gasteiger partial charge in [-0.3, -0.25) is 4.79 Å². The highest BCUT2D eigenvalue weighted by molar-refractivity contribution is 7.71. The molecule has 0 atom stereocenters. The third-order valence-corrected chi connectivity index (χ3v) is 5.36. The van der Waals surface area contributed by atoms with E-state index in [2.05, 4.69) is 10.1 Å². The highest BCUT2D eigenvalue weighted by atomic mass is 35.5. The van der Waals surface area contributed by atoms with Gasteiger partial charge in [0, 0.05) is 27.9 Å². The number of benzene rings is 3. The first kappa shape index (κ1) is 21.6. The zero-order chi connectivity index (χ0) is 22.7. The van der Waals surface area contributed by atoms with Crippen molar-refractivity contribution in [2.24, 2.45) is 5.10 Å². The van der Waals surface area contributed by atoms with Crippen molar-refractivity contribution in [3.63, 3.8) is 0 Å². The van der Waals surface area contributed by atoms with Crippen molar-refractivity contribution in [1.29, 1.82) is 0 Å². The number of halogens is 1. The first-order valence-corrected chi connectivity index (χ1v) is 10.6. The van der Waals surface area contributed by atoms with Crippen LogP contribution in [-0.4, -0.2) is 26.3 Å². The van der Waals surface area contributed by atoms with Crippen LogP contribution in [0.1, 0.15) is 28.4 Å². The van der Waals surface area contributed by atoms with Crippen LogP contribution < -0.4 is 0 Å². The maximum absolute atomic E-state index is 13.4. The van der Waals surface area contributed by atoms with Gasteiger partial charge < -0.3 is 5.11 Å². The molecule has 5 nitrogen and oxygen atoms in total. The highest BCUT2D eigenvalue weighted by Crippen LogP contribution is 2.25. The third kappa shape index (κ3) is 4.51. The maximum atomic E-state index is 13.4. The smallest absolute Gasteiger partial charge is 0.220 e. The molecule has 1 heterocycles. The Morgan fingerprint density at radius 1 is 1.00 bits per heavy atom. The normalized spacial score (nSPS) is 11.4. The van der Waals surface area contributed by atoms with Gasteiger partial charge in [0.05, 0.1) is 17.0 Å². The molecule has 0 aliphatic heterocycles. The quantitative estimate of drug-likeness (QED) is 0.221. The average Bonchev–Trinajstić information content (AvgIpc) is 2.82. The van der Waals surface area contributed by atoms with Crippen LogP contribution in [0.3, 0.4) is 0 Å². The number of phenols is 1. The molecule has 0 fully saturated rings. The molecule has 4 rings (SSSR count). The second-order valence-electron chi connectivity index (χ2n) is 7.04. The molecular weight excluding hydrogens is 442 g/mol. The fraction of sp³-hybridized carbons (Fsp3) is 0.0400. The SMILES string of the molecule is CC(=Nn1cc(C(=O)c2ccccc2)c(-c2ccccc2)nc1=S)c1cc(Cl)ccc1O. The molecule has 0 unspecified atom stereocenters. The van der Waals surface area contributed by atoms with E-state index in [9.17, 15) is 9.90 Å². The lowest BCUT2D eigenvalue weighted by atomic mass is 9.99. The number of ketones is 1. The molecule has 158 valence electrons. The van der Waals surface area contributed by atoms with Crippen LogP contribution >= 0.6 is 23.8 Å². The molecule has 7 heteroatoms. The van der Waals surface area contributed by atoms with Gasteiger partial charge >= 0.3 is 0 Å². The van der Waals surface area contributed by atoms with Crippen molar-refractivity contribution in [2.45, 2.75) is 6.92 Å². The lowest BCUT2D eigenvalue weighted by Gasteiger charge is -2.12. The number of carbonyl (C=O) groups is 1. The van der Waals surface area contributed by atoms with Crippen LogP contribution in [-0.2, 0) is 0 Å². The lowest BCUT2D eigenvalue weighted by Crippen LogP contribution is -2.11. The van der Waals surface area contributed by atoms with Gasteiger partial charge in [-0.05, 0) is 37.3 Å². The zero-order valence-electron chi connectivity index (χ0n) is 17.1. The first-order valence-electron chi connectivity index (χ1n) is 9.77. The number of hydrogen-bond donors (Lipinski definition) is 1. The Hall–Kier alpha value is -3.61. The van der Waals surface area contributed by atoms with Crippen molar-refractivity contribution in [1.82, 2.24) is 9.66 Å². The Morgan fingerprint density at radius 3 is 2.34 bits per heavy atom. The van der Waals surface area contributed by atoms with E-state index in [1.54, 1.807) is 37.4 Å². The Balaban J connectivity index is 1.89. The zero-order valence-corrected chi connectivity index (χ0v) is 18.6. The minimum atomic E-state index is -0.195. The molecule has 32 heavy (non-hydrogen) atoms. The molecule has 0 saturated carbocycles. The second-order valence-corrected chi connectivity index (χ2v) is 7.84. The number of carbonyl (C=O) groups excluding carboxylic acids is 1. The van der Waals surface area contributed by atoms with E-state index < -0.39 is 0 Å². The van der Waals surface area contributed by atoms with Crippen molar-refractivity contribution in [3.8, 4) is 17.0 Å². The predicted molar refractivity (Wildman–Crippen MR) is 129 cm³/mol. The third-order valence-electron chi connectivity index (χ3n) is 4.84. The summed E-state index contributed by atoms with van der Waals surface area (Å²) in [5, 5.41) is 15.2. The van der Waals surface area contributed by atoms with Crippen LogP contribution in [0.25, 0.3) is 11.3 Å². The number of rotatable bonds is 5. The molecule has 3 aromatic carbocycles. The van der Waals surface area contributed by atoms with E-state index in [1.165, 1.54) is 10.7 Å². The van der Waals surface area contributed by atoms with E-state index in [1.807, 2.05) is 48.5 Å². The summed E-state index contributed by atoms with van der Waals surface area (Å²) in [7, 11) is 0. The minimum absolute atomic E-state index is 0.0385. The Kier molecular flexibility index (Phi) is 6.25. The second kappa shape index (κ2) is 9.26. The van der Waals surface area contributed by atoms with E-state index in [4.69, 9.17) is 23.8 Å². The fourth-order valence-corrected chi connectivity index (χ4v) is 3.62. The summed E-state index contributed by atoms with van der Waals surface area (Å²) in [5.41, 5.74) is 3.08. The van der Waals surface area contributed by atoms with E-state index in [0.717, 1.165) is 5.56 Å². The summed E-state index contributed by atoms with van der Waals surface area (Å²) in [6, 6.07) is 23.1. The molecule has 0 aliphatic carbocycles. The fourth-order valence-electron chi connectivity index (χ4n) is 3.26. The van der Waals surface area contributed by atoms with Crippen LogP contribution in [0.2, 0.25) is 5.02 Å². The molecule has 1 N–H and O–H groups in total. The number of nitrogens with zero attached hydrogens (tertiary/aromatic N) is 3.